The van der Waals surface area contributed by atoms with Gasteiger partial charge in [-0.05, 0) is 23.8 Å². The molecule has 31 heavy (non-hydrogen) atoms. The van der Waals surface area contributed by atoms with E-state index < -0.39 is 34.2 Å². The fourth-order valence-corrected chi connectivity index (χ4v) is 4.79. The standard InChI is InChI=1S/C20H18N6O5/c27-17-20(18(28)23-19(29)22-17)10-12-9-13(26(30)31)4-5-14(12)25-8-7-24(11-15(20)25)16-3-1-2-6-21-16/h1-6,9,15H,7-8,10-11H2,(H2,22,23,27,28,29)/t15-/m0/s1. The highest BCUT2D eigenvalue weighted by atomic mass is 16.6. The third-order valence-corrected chi connectivity index (χ3v) is 6.24. The topological polar surface area (TPSA) is 138 Å². The van der Waals surface area contributed by atoms with Crippen molar-refractivity contribution in [1.82, 2.24) is 15.6 Å². The number of hydrogen-bond acceptors (Lipinski definition) is 8. The minimum Gasteiger partial charge on any atom is -0.363 e. The van der Waals surface area contributed by atoms with Gasteiger partial charge >= 0.3 is 6.03 Å². The molecule has 1 atom stereocenters. The van der Waals surface area contributed by atoms with Crippen molar-refractivity contribution >= 4 is 35.0 Å². The summed E-state index contributed by atoms with van der Waals surface area (Å²) in [6, 6.07) is 8.54. The van der Waals surface area contributed by atoms with Crippen LogP contribution in [0.2, 0.25) is 0 Å². The molecule has 1 aromatic carbocycles. The van der Waals surface area contributed by atoms with Crippen LogP contribution in [-0.4, -0.2) is 53.4 Å². The minimum atomic E-state index is -1.61. The number of rotatable bonds is 2. The SMILES string of the molecule is O=C1NC(=O)C2(Cc3cc([N+](=O)[O-])ccc3N3CCN(c4ccccn4)C[C@H]32)C(=O)N1. The van der Waals surface area contributed by atoms with Gasteiger partial charge in [-0.25, -0.2) is 9.78 Å². The van der Waals surface area contributed by atoms with E-state index in [0.29, 0.717) is 25.2 Å². The summed E-state index contributed by atoms with van der Waals surface area (Å²) in [5.74, 6) is -0.674. The highest BCUT2D eigenvalue weighted by Gasteiger charge is 2.61. The van der Waals surface area contributed by atoms with Crippen molar-refractivity contribution in [2.75, 3.05) is 29.4 Å². The van der Waals surface area contributed by atoms with Crippen LogP contribution in [0.3, 0.4) is 0 Å². The molecule has 11 heteroatoms. The van der Waals surface area contributed by atoms with Gasteiger partial charge in [0.2, 0.25) is 11.8 Å². The smallest absolute Gasteiger partial charge is 0.328 e. The minimum absolute atomic E-state index is 0.0494. The lowest BCUT2D eigenvalue weighted by molar-refractivity contribution is -0.384. The van der Waals surface area contributed by atoms with Crippen molar-refractivity contribution in [1.29, 1.82) is 0 Å². The number of hydrogen-bond donors (Lipinski definition) is 2. The van der Waals surface area contributed by atoms with Crippen LogP contribution in [0.1, 0.15) is 5.56 Å². The van der Waals surface area contributed by atoms with Crippen LogP contribution < -0.4 is 20.4 Å². The zero-order chi connectivity index (χ0) is 21.8. The van der Waals surface area contributed by atoms with Gasteiger partial charge < -0.3 is 9.80 Å². The molecule has 0 saturated carbocycles. The quantitative estimate of drug-likeness (QED) is 0.408. The number of amides is 4. The van der Waals surface area contributed by atoms with E-state index in [1.807, 2.05) is 21.9 Å². The average Bonchev–Trinajstić information content (AvgIpc) is 2.77. The first-order chi connectivity index (χ1) is 14.9. The Morgan fingerprint density at radius 1 is 1.10 bits per heavy atom. The number of fused-ring (bicyclic) bond motifs is 4. The number of nitro groups is 1. The zero-order valence-corrected chi connectivity index (χ0v) is 16.3. The Bertz CT molecular complexity index is 1100. The van der Waals surface area contributed by atoms with Gasteiger partial charge in [0, 0.05) is 50.1 Å². The Morgan fingerprint density at radius 2 is 1.87 bits per heavy atom. The molecule has 0 bridgehead atoms. The molecule has 0 radical (unpaired) electrons. The number of urea groups is 1. The van der Waals surface area contributed by atoms with Crippen molar-refractivity contribution in [2.45, 2.75) is 12.5 Å². The van der Waals surface area contributed by atoms with Crippen LogP contribution in [0.5, 0.6) is 0 Å². The van der Waals surface area contributed by atoms with E-state index >= 15 is 0 Å². The lowest BCUT2D eigenvalue weighted by Gasteiger charge is -2.54. The molecule has 2 aromatic rings. The predicted molar refractivity (Wildman–Crippen MR) is 108 cm³/mol. The summed E-state index contributed by atoms with van der Waals surface area (Å²) in [6.45, 7) is 1.38. The van der Waals surface area contributed by atoms with E-state index in [1.54, 1.807) is 18.3 Å². The van der Waals surface area contributed by atoms with Gasteiger partial charge in [-0.1, -0.05) is 6.07 Å². The Labute approximate surface area is 176 Å². The maximum Gasteiger partial charge on any atom is 0.328 e. The molecular weight excluding hydrogens is 404 g/mol. The summed E-state index contributed by atoms with van der Waals surface area (Å²) in [7, 11) is 0. The van der Waals surface area contributed by atoms with Crippen LogP contribution in [0.25, 0.3) is 0 Å². The monoisotopic (exact) mass is 422 g/mol. The molecule has 2 saturated heterocycles. The second-order valence-corrected chi connectivity index (χ2v) is 7.80. The number of nitrogens with one attached hydrogen (secondary N) is 2. The number of imide groups is 2. The van der Waals surface area contributed by atoms with Crippen molar-refractivity contribution in [3.63, 3.8) is 0 Å². The van der Waals surface area contributed by atoms with Gasteiger partial charge in [-0.15, -0.1) is 0 Å². The number of anilines is 2. The number of aromatic nitrogens is 1. The Balaban J connectivity index is 1.63. The molecule has 3 aliphatic rings. The number of nitro benzene ring substituents is 1. The molecule has 2 N–H and O–H groups in total. The van der Waals surface area contributed by atoms with Crippen LogP contribution in [0, 0.1) is 15.5 Å². The molecule has 4 amide bonds. The summed E-state index contributed by atoms with van der Waals surface area (Å²) in [4.78, 5) is 57.1. The van der Waals surface area contributed by atoms with E-state index in [1.165, 1.54) is 12.1 Å². The van der Waals surface area contributed by atoms with Gasteiger partial charge in [0.15, 0.2) is 5.41 Å². The van der Waals surface area contributed by atoms with E-state index in [0.717, 1.165) is 11.5 Å². The first-order valence-corrected chi connectivity index (χ1v) is 9.77. The Hall–Kier alpha value is -4.02. The highest BCUT2D eigenvalue weighted by molar-refractivity contribution is 6.20. The van der Waals surface area contributed by atoms with Crippen LogP contribution in [0.4, 0.5) is 22.0 Å². The lowest BCUT2D eigenvalue weighted by atomic mass is 9.68. The second-order valence-electron chi connectivity index (χ2n) is 7.80. The number of carbonyl (C=O) groups excluding carboxylic acids is 3. The number of nitrogens with zero attached hydrogens (tertiary/aromatic N) is 4. The third kappa shape index (κ3) is 2.80. The van der Waals surface area contributed by atoms with E-state index in [4.69, 9.17) is 0 Å². The molecular formula is C20H18N6O5. The Morgan fingerprint density at radius 3 is 2.55 bits per heavy atom. The van der Waals surface area contributed by atoms with E-state index in [9.17, 15) is 24.5 Å². The van der Waals surface area contributed by atoms with Crippen LogP contribution in [0.15, 0.2) is 42.6 Å². The number of piperazine rings is 1. The van der Waals surface area contributed by atoms with Crippen molar-refractivity contribution < 1.29 is 19.3 Å². The van der Waals surface area contributed by atoms with Gasteiger partial charge in [0.05, 0.1) is 11.0 Å². The normalized spacial score (nSPS) is 21.8. The second kappa shape index (κ2) is 6.76. The molecule has 0 unspecified atom stereocenters. The summed E-state index contributed by atoms with van der Waals surface area (Å²) >= 11 is 0. The molecule has 3 aliphatic heterocycles. The summed E-state index contributed by atoms with van der Waals surface area (Å²) < 4.78 is 0. The number of benzene rings is 1. The van der Waals surface area contributed by atoms with Crippen molar-refractivity contribution in [3.8, 4) is 0 Å². The third-order valence-electron chi connectivity index (χ3n) is 6.24. The predicted octanol–water partition coefficient (Wildman–Crippen LogP) is 0.593. The summed E-state index contributed by atoms with van der Waals surface area (Å²) in [5, 5.41) is 15.7. The van der Waals surface area contributed by atoms with Gasteiger partial charge in [0.1, 0.15) is 5.82 Å². The molecule has 2 fully saturated rings. The summed E-state index contributed by atoms with van der Waals surface area (Å²) in [5.41, 5.74) is -0.452. The molecule has 5 rings (SSSR count). The van der Waals surface area contributed by atoms with E-state index in [2.05, 4.69) is 15.6 Å². The largest absolute Gasteiger partial charge is 0.363 e. The van der Waals surface area contributed by atoms with Gasteiger partial charge in [-0.2, -0.15) is 0 Å². The van der Waals surface area contributed by atoms with Gasteiger partial charge in [-0.3, -0.25) is 30.3 Å². The fraction of sp³-hybridized carbons (Fsp3) is 0.300. The lowest BCUT2D eigenvalue weighted by Crippen LogP contribution is -2.74. The maximum atomic E-state index is 13.1. The number of barbiturate groups is 1. The average molecular weight is 422 g/mol. The number of pyridine rings is 1. The van der Waals surface area contributed by atoms with Gasteiger partial charge in [0.25, 0.3) is 5.69 Å². The summed E-state index contributed by atoms with van der Waals surface area (Å²) in [6.07, 6.45) is 1.62. The highest BCUT2D eigenvalue weighted by Crippen LogP contribution is 2.45. The maximum absolute atomic E-state index is 13.1. The zero-order valence-electron chi connectivity index (χ0n) is 16.3. The molecule has 4 heterocycles. The number of carbonyl (C=O) groups is 3. The Kier molecular flexibility index (Phi) is 4.14. The van der Waals surface area contributed by atoms with Crippen molar-refractivity contribution in [3.05, 3.63) is 58.3 Å². The van der Waals surface area contributed by atoms with E-state index in [-0.39, 0.29) is 12.1 Å². The molecule has 1 spiro atoms. The molecule has 158 valence electrons. The fourth-order valence-electron chi connectivity index (χ4n) is 4.79. The molecule has 1 aromatic heterocycles. The van der Waals surface area contributed by atoms with Crippen LogP contribution >= 0.6 is 0 Å². The number of non-ortho nitro benzene ring substituents is 1. The first kappa shape index (κ1) is 19.0. The molecule has 11 nitrogen and oxygen atoms in total. The first-order valence-electron chi connectivity index (χ1n) is 9.77. The molecule has 0 aliphatic carbocycles. The van der Waals surface area contributed by atoms with Crippen LogP contribution in [-0.2, 0) is 16.0 Å². The van der Waals surface area contributed by atoms with Crippen molar-refractivity contribution in [2.24, 2.45) is 5.41 Å².